The van der Waals surface area contributed by atoms with E-state index in [2.05, 4.69) is 5.32 Å². The van der Waals surface area contributed by atoms with Crippen molar-refractivity contribution in [3.63, 3.8) is 0 Å². The van der Waals surface area contributed by atoms with Gasteiger partial charge in [0.1, 0.15) is 21.4 Å². The van der Waals surface area contributed by atoms with Crippen molar-refractivity contribution in [3.8, 4) is 0 Å². The monoisotopic (exact) mass is 304 g/mol. The largest absolute Gasteiger partial charge is 0.342 e. The van der Waals surface area contributed by atoms with E-state index in [0.717, 1.165) is 12.7 Å². The summed E-state index contributed by atoms with van der Waals surface area (Å²) in [7, 11) is -3.18. The van der Waals surface area contributed by atoms with Crippen molar-refractivity contribution in [3.05, 3.63) is 0 Å². The van der Waals surface area contributed by atoms with E-state index in [1.165, 1.54) is 4.90 Å². The first-order chi connectivity index (χ1) is 9.15. The fourth-order valence-electron chi connectivity index (χ4n) is 2.38. The number of nitrogens with zero attached hydrogens (tertiary/aromatic N) is 1. The third-order valence-corrected chi connectivity index (χ3v) is 4.83. The molecule has 2 atom stereocenters. The second kappa shape index (κ2) is 6.11. The van der Waals surface area contributed by atoms with Crippen LogP contribution in [-0.4, -0.2) is 55.3 Å². The molecule has 0 aromatic heterocycles. The maximum Gasteiger partial charge on any atom is 0.246 e. The van der Waals surface area contributed by atoms with Gasteiger partial charge >= 0.3 is 0 Å². The Morgan fingerprint density at radius 2 is 1.90 bits per heavy atom. The summed E-state index contributed by atoms with van der Waals surface area (Å²) in [6.45, 7) is 5.51. The molecule has 7 heteroatoms. The van der Waals surface area contributed by atoms with Gasteiger partial charge in [-0.25, -0.2) is 8.42 Å². The number of hydrogen-bond donors (Lipinski definition) is 1. The lowest BCUT2D eigenvalue weighted by molar-refractivity contribution is -0.156. The Bertz CT molecular complexity index is 489. The summed E-state index contributed by atoms with van der Waals surface area (Å²) in [4.78, 5) is 26.2. The summed E-state index contributed by atoms with van der Waals surface area (Å²) < 4.78 is 22.7. The van der Waals surface area contributed by atoms with Crippen LogP contribution in [-0.2, 0) is 19.4 Å². The second-order valence-electron chi connectivity index (χ2n) is 5.56. The molecule has 0 saturated carbocycles. The third kappa shape index (κ3) is 3.50. The van der Waals surface area contributed by atoms with Crippen LogP contribution < -0.4 is 5.32 Å². The lowest BCUT2D eigenvalue weighted by Crippen LogP contribution is -2.69. The predicted octanol–water partition coefficient (Wildman–Crippen LogP) is 0.327. The highest BCUT2D eigenvalue weighted by Gasteiger charge is 2.47. The van der Waals surface area contributed by atoms with Gasteiger partial charge in [-0.3, -0.25) is 9.59 Å². The molecule has 0 aromatic rings. The van der Waals surface area contributed by atoms with Crippen LogP contribution in [0.5, 0.6) is 0 Å². The lowest BCUT2D eigenvalue weighted by atomic mass is 9.89. The van der Waals surface area contributed by atoms with Gasteiger partial charge in [-0.1, -0.05) is 20.3 Å². The molecule has 116 valence electrons. The van der Waals surface area contributed by atoms with Crippen LogP contribution in [0, 0.1) is 0 Å². The van der Waals surface area contributed by atoms with E-state index in [0.29, 0.717) is 12.8 Å². The van der Waals surface area contributed by atoms with E-state index in [9.17, 15) is 18.0 Å². The lowest BCUT2D eigenvalue weighted by Gasteiger charge is -2.46. The fourth-order valence-corrected chi connectivity index (χ4v) is 2.89. The van der Waals surface area contributed by atoms with Crippen molar-refractivity contribution in [2.45, 2.75) is 51.6 Å². The van der Waals surface area contributed by atoms with E-state index in [-0.39, 0.29) is 24.1 Å². The Morgan fingerprint density at radius 1 is 1.30 bits per heavy atom. The van der Waals surface area contributed by atoms with E-state index in [4.69, 9.17) is 0 Å². The van der Waals surface area contributed by atoms with Gasteiger partial charge in [0, 0.05) is 12.8 Å². The van der Waals surface area contributed by atoms with Crippen LogP contribution in [0.15, 0.2) is 0 Å². The standard InChI is InChI=1S/C13H24N2O4S/c1-5-7-10-11(16)15(8-9-20(4,18)19)13(3,6-2)12(17)14-10/h10H,5-9H2,1-4H3,(H,14,17). The molecule has 1 aliphatic heterocycles. The van der Waals surface area contributed by atoms with Crippen molar-refractivity contribution in [2.75, 3.05) is 18.6 Å². The molecule has 1 saturated heterocycles. The topological polar surface area (TPSA) is 83.6 Å². The molecule has 6 nitrogen and oxygen atoms in total. The zero-order chi connectivity index (χ0) is 15.6. The SMILES string of the molecule is CCCC1NC(=O)C(C)(CC)N(CCS(C)(=O)=O)C1=O. The average molecular weight is 304 g/mol. The first-order valence-corrected chi connectivity index (χ1v) is 9.02. The predicted molar refractivity (Wildman–Crippen MR) is 77.0 cm³/mol. The van der Waals surface area contributed by atoms with Crippen molar-refractivity contribution >= 4 is 21.7 Å². The molecular formula is C13H24N2O4S. The Morgan fingerprint density at radius 3 is 2.35 bits per heavy atom. The van der Waals surface area contributed by atoms with Gasteiger partial charge in [0.05, 0.1) is 5.75 Å². The van der Waals surface area contributed by atoms with Gasteiger partial charge in [-0.15, -0.1) is 0 Å². The molecule has 0 radical (unpaired) electrons. The molecule has 20 heavy (non-hydrogen) atoms. The molecular weight excluding hydrogens is 280 g/mol. The van der Waals surface area contributed by atoms with Gasteiger partial charge in [0.25, 0.3) is 0 Å². The normalized spacial score (nSPS) is 27.6. The number of carbonyl (C=O) groups is 2. The summed E-state index contributed by atoms with van der Waals surface area (Å²) in [5, 5.41) is 2.76. The Hall–Kier alpha value is -1.11. The number of nitrogens with one attached hydrogen (secondary N) is 1. The Labute approximate surface area is 120 Å². The Balaban J connectivity index is 3.02. The number of amides is 2. The molecule has 1 N–H and O–H groups in total. The van der Waals surface area contributed by atoms with Gasteiger partial charge < -0.3 is 10.2 Å². The van der Waals surface area contributed by atoms with Gasteiger partial charge in [-0.05, 0) is 19.8 Å². The zero-order valence-electron chi connectivity index (χ0n) is 12.6. The number of carbonyl (C=O) groups excluding carboxylic acids is 2. The van der Waals surface area contributed by atoms with E-state index < -0.39 is 21.4 Å². The molecule has 1 rings (SSSR count). The molecule has 0 bridgehead atoms. The Kier molecular flexibility index (Phi) is 5.18. The van der Waals surface area contributed by atoms with Crippen LogP contribution >= 0.6 is 0 Å². The maximum absolute atomic E-state index is 12.5. The zero-order valence-corrected chi connectivity index (χ0v) is 13.4. The third-order valence-electron chi connectivity index (χ3n) is 3.91. The average Bonchev–Trinajstić information content (AvgIpc) is 2.34. The molecule has 0 aromatic carbocycles. The number of sulfone groups is 1. The molecule has 0 spiro atoms. The second-order valence-corrected chi connectivity index (χ2v) is 7.82. The summed E-state index contributed by atoms with van der Waals surface area (Å²) in [6, 6.07) is -0.535. The molecule has 0 aliphatic carbocycles. The van der Waals surface area contributed by atoms with Crippen molar-refractivity contribution in [1.82, 2.24) is 10.2 Å². The number of hydrogen-bond acceptors (Lipinski definition) is 4. The van der Waals surface area contributed by atoms with Gasteiger partial charge in [-0.2, -0.15) is 0 Å². The van der Waals surface area contributed by atoms with E-state index >= 15 is 0 Å². The highest BCUT2D eigenvalue weighted by Crippen LogP contribution is 2.26. The van der Waals surface area contributed by atoms with Crippen molar-refractivity contribution < 1.29 is 18.0 Å². The van der Waals surface area contributed by atoms with Crippen LogP contribution in [0.2, 0.25) is 0 Å². The van der Waals surface area contributed by atoms with Crippen LogP contribution in [0.3, 0.4) is 0 Å². The first-order valence-electron chi connectivity index (χ1n) is 6.96. The first kappa shape index (κ1) is 16.9. The van der Waals surface area contributed by atoms with Crippen LogP contribution in [0.25, 0.3) is 0 Å². The van der Waals surface area contributed by atoms with Crippen LogP contribution in [0.4, 0.5) is 0 Å². The minimum Gasteiger partial charge on any atom is -0.342 e. The summed E-state index contributed by atoms with van der Waals surface area (Å²) in [5.41, 5.74) is -0.966. The fraction of sp³-hybridized carbons (Fsp3) is 0.846. The quantitative estimate of drug-likeness (QED) is 0.766. The molecule has 1 heterocycles. The maximum atomic E-state index is 12.5. The highest BCUT2D eigenvalue weighted by atomic mass is 32.2. The number of rotatable bonds is 6. The molecule has 2 unspecified atom stereocenters. The summed E-state index contributed by atoms with van der Waals surface area (Å²) in [6.07, 6.45) is 2.93. The summed E-state index contributed by atoms with van der Waals surface area (Å²) in [5.74, 6) is -0.508. The smallest absolute Gasteiger partial charge is 0.246 e. The van der Waals surface area contributed by atoms with E-state index in [1.54, 1.807) is 6.92 Å². The molecule has 1 fully saturated rings. The highest BCUT2D eigenvalue weighted by molar-refractivity contribution is 7.90. The summed E-state index contributed by atoms with van der Waals surface area (Å²) >= 11 is 0. The minimum absolute atomic E-state index is 0.0651. The van der Waals surface area contributed by atoms with E-state index in [1.807, 2.05) is 13.8 Å². The van der Waals surface area contributed by atoms with Crippen molar-refractivity contribution in [2.24, 2.45) is 0 Å². The van der Waals surface area contributed by atoms with Gasteiger partial charge in [0.2, 0.25) is 11.8 Å². The van der Waals surface area contributed by atoms with Gasteiger partial charge in [0.15, 0.2) is 0 Å². The van der Waals surface area contributed by atoms with Crippen LogP contribution in [0.1, 0.15) is 40.0 Å². The van der Waals surface area contributed by atoms with Crippen molar-refractivity contribution in [1.29, 1.82) is 0 Å². The minimum atomic E-state index is -3.18. The number of piperazine rings is 1. The molecule has 2 amide bonds. The molecule has 1 aliphatic rings.